The number of fused-ring (bicyclic) bond motifs is 3. The first kappa shape index (κ1) is 20.6. The lowest BCUT2D eigenvalue weighted by Gasteiger charge is -2.27. The number of aryl methyl sites for hydroxylation is 1. The number of carbonyl (C=O) groups is 4. The van der Waals surface area contributed by atoms with Gasteiger partial charge in [-0.2, -0.15) is 0 Å². The molecule has 6 nitrogen and oxygen atoms in total. The Bertz CT molecular complexity index is 1360. The highest BCUT2D eigenvalue weighted by Crippen LogP contribution is 2.57. The number of halogens is 1. The van der Waals surface area contributed by atoms with Gasteiger partial charge in [-0.3, -0.25) is 19.2 Å². The van der Waals surface area contributed by atoms with Gasteiger partial charge in [-0.15, -0.1) is 0 Å². The molecule has 0 bridgehead atoms. The first-order valence-corrected chi connectivity index (χ1v) is 10.9. The summed E-state index contributed by atoms with van der Waals surface area (Å²) in [5, 5.41) is 0. The minimum atomic E-state index is -2.12. The third kappa shape index (κ3) is 2.53. The number of benzene rings is 3. The molecule has 34 heavy (non-hydrogen) atoms. The van der Waals surface area contributed by atoms with Gasteiger partial charge in [0.1, 0.15) is 5.82 Å². The molecule has 0 aromatic heterocycles. The maximum atomic E-state index is 13.7. The Morgan fingerprint density at radius 1 is 0.794 bits per heavy atom. The average molecular weight is 455 g/mol. The fraction of sp³-hybridized carbons (Fsp3) is 0.185. The number of rotatable bonds is 2. The summed E-state index contributed by atoms with van der Waals surface area (Å²) in [6.07, 6.45) is -0.977. The van der Waals surface area contributed by atoms with E-state index in [9.17, 15) is 23.6 Å². The van der Waals surface area contributed by atoms with Gasteiger partial charge in [0, 0.05) is 11.1 Å². The van der Waals surface area contributed by atoms with Crippen LogP contribution in [0.4, 0.5) is 10.1 Å². The first-order chi connectivity index (χ1) is 16.3. The molecule has 0 radical (unpaired) electrons. The Kier molecular flexibility index (Phi) is 4.25. The van der Waals surface area contributed by atoms with Crippen molar-refractivity contribution < 1.29 is 28.3 Å². The smallest absolute Gasteiger partial charge is 0.241 e. The number of hydrogen-bond donors (Lipinski definition) is 0. The zero-order chi connectivity index (χ0) is 23.8. The standard InChI is InChI=1S/C27H18FNO5/c1-14-6-8-15(9-7-14)22-20-21(26(33)29(25(20)32)17-12-10-16(28)11-13-17)27(34-22)23(30)18-4-2-3-5-19(18)24(27)31/h2-13,20-22H,1H3/t20-,21+,22+/m1/s1. The van der Waals surface area contributed by atoms with Crippen molar-refractivity contribution >= 4 is 29.1 Å². The van der Waals surface area contributed by atoms with E-state index in [1.54, 1.807) is 24.3 Å². The van der Waals surface area contributed by atoms with Crippen LogP contribution in [-0.2, 0) is 14.3 Å². The van der Waals surface area contributed by atoms with Crippen LogP contribution in [0.25, 0.3) is 0 Å². The van der Waals surface area contributed by atoms with Crippen LogP contribution in [0, 0.1) is 24.6 Å². The minimum absolute atomic E-state index is 0.177. The summed E-state index contributed by atoms with van der Waals surface area (Å²) >= 11 is 0. The molecule has 3 aromatic rings. The van der Waals surface area contributed by atoms with Crippen LogP contribution < -0.4 is 4.90 Å². The third-order valence-electron chi connectivity index (χ3n) is 7.01. The Labute approximate surface area is 193 Å². The number of Topliss-reactive ketones (excluding diaryl/α,β-unsaturated/α-hetero) is 2. The van der Waals surface area contributed by atoms with E-state index in [0.717, 1.165) is 22.6 Å². The molecule has 2 fully saturated rings. The largest absolute Gasteiger partial charge is 0.349 e. The van der Waals surface area contributed by atoms with Crippen LogP contribution in [0.1, 0.15) is 37.9 Å². The molecule has 1 spiro atoms. The number of hydrogen-bond acceptors (Lipinski definition) is 5. The van der Waals surface area contributed by atoms with E-state index in [2.05, 4.69) is 0 Å². The molecule has 1 aliphatic carbocycles. The fourth-order valence-electron chi connectivity index (χ4n) is 5.42. The zero-order valence-corrected chi connectivity index (χ0v) is 18.0. The molecule has 2 heterocycles. The van der Waals surface area contributed by atoms with Gasteiger partial charge in [0.25, 0.3) is 0 Å². The Morgan fingerprint density at radius 2 is 1.38 bits per heavy atom. The molecular formula is C27H18FNO5. The molecule has 3 atom stereocenters. The number of ether oxygens (including phenoxy) is 1. The molecule has 3 aromatic carbocycles. The summed E-state index contributed by atoms with van der Waals surface area (Å²) < 4.78 is 19.7. The van der Waals surface area contributed by atoms with E-state index in [1.807, 2.05) is 19.1 Å². The average Bonchev–Trinajstić information content (AvgIpc) is 3.40. The number of carbonyl (C=O) groups excluding carboxylic acids is 4. The van der Waals surface area contributed by atoms with E-state index in [4.69, 9.17) is 4.74 Å². The number of nitrogens with zero attached hydrogens (tertiary/aromatic N) is 1. The maximum Gasteiger partial charge on any atom is 0.241 e. The van der Waals surface area contributed by atoms with Gasteiger partial charge in [0.05, 0.1) is 23.6 Å². The highest BCUT2D eigenvalue weighted by atomic mass is 19.1. The second kappa shape index (κ2) is 7.01. The Hall–Kier alpha value is -3.97. The molecule has 2 amide bonds. The first-order valence-electron chi connectivity index (χ1n) is 10.9. The summed E-state index contributed by atoms with van der Waals surface area (Å²) in [6, 6.07) is 18.5. The van der Waals surface area contributed by atoms with Crippen molar-refractivity contribution in [3.8, 4) is 0 Å². The Balaban J connectivity index is 1.54. The lowest BCUT2D eigenvalue weighted by atomic mass is 9.77. The van der Waals surface area contributed by atoms with Crippen molar-refractivity contribution in [3.05, 3.63) is 101 Å². The monoisotopic (exact) mass is 455 g/mol. The molecule has 0 saturated carbocycles. The lowest BCUT2D eigenvalue weighted by molar-refractivity contribution is -0.127. The number of ketones is 2. The van der Waals surface area contributed by atoms with Crippen molar-refractivity contribution in [2.45, 2.75) is 18.6 Å². The SMILES string of the molecule is Cc1ccc([C@@H]2OC3(C(=O)c4ccccc4C3=O)[C@@H]3C(=O)N(c4ccc(F)cc4)C(=O)[C@H]32)cc1. The van der Waals surface area contributed by atoms with Gasteiger partial charge in [-0.25, -0.2) is 9.29 Å². The molecule has 3 aliphatic rings. The normalized spacial score (nSPS) is 24.8. The molecule has 7 heteroatoms. The topological polar surface area (TPSA) is 80.8 Å². The molecule has 2 aliphatic heterocycles. The van der Waals surface area contributed by atoms with Crippen molar-refractivity contribution in [2.24, 2.45) is 11.8 Å². The lowest BCUT2D eigenvalue weighted by Crippen LogP contribution is -2.51. The van der Waals surface area contributed by atoms with Gasteiger partial charge < -0.3 is 4.74 Å². The van der Waals surface area contributed by atoms with Crippen LogP contribution in [0.5, 0.6) is 0 Å². The Morgan fingerprint density at radius 3 is 1.97 bits per heavy atom. The van der Waals surface area contributed by atoms with Crippen molar-refractivity contribution in [3.63, 3.8) is 0 Å². The molecule has 0 N–H and O–H groups in total. The fourth-order valence-corrected chi connectivity index (χ4v) is 5.42. The van der Waals surface area contributed by atoms with Gasteiger partial charge in [-0.1, -0.05) is 54.1 Å². The number of amides is 2. The van der Waals surface area contributed by atoms with Crippen molar-refractivity contribution in [2.75, 3.05) is 4.90 Å². The van der Waals surface area contributed by atoms with E-state index >= 15 is 0 Å². The summed E-state index contributed by atoms with van der Waals surface area (Å²) in [7, 11) is 0. The second-order valence-electron chi connectivity index (χ2n) is 8.88. The van der Waals surface area contributed by atoms with E-state index in [1.165, 1.54) is 24.3 Å². The number of anilines is 1. The predicted octanol–water partition coefficient (Wildman–Crippen LogP) is 3.83. The van der Waals surface area contributed by atoms with Crippen LogP contribution in [-0.4, -0.2) is 29.0 Å². The minimum Gasteiger partial charge on any atom is -0.349 e. The highest BCUT2D eigenvalue weighted by Gasteiger charge is 2.74. The summed E-state index contributed by atoms with van der Waals surface area (Å²) in [4.78, 5) is 55.7. The highest BCUT2D eigenvalue weighted by molar-refractivity contribution is 6.37. The van der Waals surface area contributed by atoms with E-state index in [-0.39, 0.29) is 16.8 Å². The molecule has 6 rings (SSSR count). The van der Waals surface area contributed by atoms with Crippen LogP contribution in [0.2, 0.25) is 0 Å². The van der Waals surface area contributed by atoms with E-state index < -0.39 is 52.7 Å². The van der Waals surface area contributed by atoms with Crippen molar-refractivity contribution in [1.82, 2.24) is 0 Å². The predicted molar refractivity (Wildman–Crippen MR) is 119 cm³/mol. The molecule has 2 saturated heterocycles. The molecule has 0 unspecified atom stereocenters. The van der Waals surface area contributed by atoms with E-state index in [0.29, 0.717) is 5.56 Å². The van der Waals surface area contributed by atoms with Gasteiger partial charge in [0.2, 0.25) is 29.0 Å². The number of imide groups is 1. The van der Waals surface area contributed by atoms with Crippen LogP contribution >= 0.6 is 0 Å². The maximum absolute atomic E-state index is 13.7. The summed E-state index contributed by atoms with van der Waals surface area (Å²) in [5.41, 5.74) is -0.0104. The van der Waals surface area contributed by atoms with Gasteiger partial charge in [0.15, 0.2) is 0 Å². The third-order valence-corrected chi connectivity index (χ3v) is 7.01. The quantitative estimate of drug-likeness (QED) is 0.433. The van der Waals surface area contributed by atoms with Crippen molar-refractivity contribution in [1.29, 1.82) is 0 Å². The molecular weight excluding hydrogens is 437 g/mol. The van der Waals surface area contributed by atoms with Gasteiger partial charge in [-0.05, 0) is 36.8 Å². The zero-order valence-electron chi connectivity index (χ0n) is 18.0. The van der Waals surface area contributed by atoms with Crippen LogP contribution in [0.15, 0.2) is 72.8 Å². The molecule has 168 valence electrons. The van der Waals surface area contributed by atoms with Gasteiger partial charge >= 0.3 is 0 Å². The second-order valence-corrected chi connectivity index (χ2v) is 8.88. The summed E-state index contributed by atoms with van der Waals surface area (Å²) in [6.45, 7) is 1.91. The summed E-state index contributed by atoms with van der Waals surface area (Å²) in [5.74, 6) is -5.44. The van der Waals surface area contributed by atoms with Crippen LogP contribution in [0.3, 0.4) is 0 Å².